The Morgan fingerprint density at radius 3 is 2.34 bits per heavy atom. The first-order chi connectivity index (χ1) is 21.5. The van der Waals surface area contributed by atoms with Gasteiger partial charge in [0.2, 0.25) is 0 Å². The summed E-state index contributed by atoms with van der Waals surface area (Å²) in [5.74, 6) is -0.407. The molecule has 1 saturated heterocycles. The third-order valence-electron chi connectivity index (χ3n) is 8.39. The number of carbonyl (C=O) groups is 2. The van der Waals surface area contributed by atoms with Crippen molar-refractivity contribution in [3.05, 3.63) is 125 Å². The van der Waals surface area contributed by atoms with Crippen LogP contribution < -0.4 is 16.0 Å². The maximum absolute atomic E-state index is 13.5. The van der Waals surface area contributed by atoms with E-state index in [4.69, 9.17) is 0 Å². The van der Waals surface area contributed by atoms with Crippen molar-refractivity contribution in [3.8, 4) is 0 Å². The number of rotatable bonds is 9. The van der Waals surface area contributed by atoms with Crippen LogP contribution in [0.25, 0.3) is 11.3 Å². The summed E-state index contributed by atoms with van der Waals surface area (Å²) >= 11 is 0. The summed E-state index contributed by atoms with van der Waals surface area (Å²) in [6.45, 7) is 7.26. The van der Waals surface area contributed by atoms with Crippen molar-refractivity contribution in [3.63, 3.8) is 0 Å². The molecule has 44 heavy (non-hydrogen) atoms. The number of hydrogen-bond donors (Lipinski definition) is 3. The van der Waals surface area contributed by atoms with Crippen LogP contribution in [-0.4, -0.2) is 59.8 Å². The Bertz CT molecular complexity index is 1650. The van der Waals surface area contributed by atoms with E-state index in [0.29, 0.717) is 28.1 Å². The molecule has 1 fully saturated rings. The van der Waals surface area contributed by atoms with E-state index in [-0.39, 0.29) is 17.9 Å². The Morgan fingerprint density at radius 1 is 0.909 bits per heavy atom. The van der Waals surface area contributed by atoms with Crippen LogP contribution in [0.1, 0.15) is 52.0 Å². The molecule has 1 aromatic heterocycles. The van der Waals surface area contributed by atoms with Gasteiger partial charge in [0.05, 0.1) is 17.3 Å². The van der Waals surface area contributed by atoms with Crippen LogP contribution in [0.15, 0.2) is 97.3 Å². The maximum Gasteiger partial charge on any atom is 0.258 e. The second kappa shape index (κ2) is 13.2. The van der Waals surface area contributed by atoms with E-state index in [1.807, 2.05) is 42.5 Å². The minimum absolute atomic E-state index is 0.111. The van der Waals surface area contributed by atoms with Crippen LogP contribution in [0.3, 0.4) is 0 Å². The van der Waals surface area contributed by atoms with Crippen LogP contribution in [0.2, 0.25) is 0 Å². The van der Waals surface area contributed by atoms with Crippen molar-refractivity contribution in [2.24, 2.45) is 0 Å². The number of amides is 2. The summed E-state index contributed by atoms with van der Waals surface area (Å²) < 4.78 is 0. The molecule has 4 aromatic rings. The van der Waals surface area contributed by atoms with E-state index < -0.39 is 0 Å². The molecule has 0 aliphatic carbocycles. The van der Waals surface area contributed by atoms with E-state index in [9.17, 15) is 9.59 Å². The Hall–Kier alpha value is -4.79. The van der Waals surface area contributed by atoms with Gasteiger partial charge in [0.15, 0.2) is 0 Å². The molecule has 3 aromatic carbocycles. The van der Waals surface area contributed by atoms with Gasteiger partial charge in [-0.1, -0.05) is 49.4 Å². The van der Waals surface area contributed by atoms with Crippen LogP contribution in [-0.2, 0) is 11.3 Å². The van der Waals surface area contributed by atoms with E-state index in [1.165, 1.54) is 5.56 Å². The lowest BCUT2D eigenvalue weighted by Gasteiger charge is -2.32. The first-order valence-electron chi connectivity index (χ1n) is 15.2. The number of aromatic nitrogens is 1. The van der Waals surface area contributed by atoms with Crippen molar-refractivity contribution in [1.29, 1.82) is 0 Å². The molecule has 0 bridgehead atoms. The molecule has 0 spiro atoms. The van der Waals surface area contributed by atoms with Gasteiger partial charge in [-0.3, -0.25) is 19.5 Å². The zero-order valence-electron chi connectivity index (χ0n) is 25.2. The summed E-state index contributed by atoms with van der Waals surface area (Å²) in [6.07, 6.45) is 4.18. The molecule has 224 valence electrons. The van der Waals surface area contributed by atoms with Crippen molar-refractivity contribution in [2.75, 3.05) is 43.9 Å². The van der Waals surface area contributed by atoms with Gasteiger partial charge in [0.25, 0.3) is 11.8 Å². The predicted octanol–water partition coefficient (Wildman–Crippen LogP) is 5.64. The first kappa shape index (κ1) is 29.3. The molecular weight excluding hydrogens is 548 g/mol. The molecule has 8 heteroatoms. The lowest BCUT2D eigenvalue weighted by molar-refractivity contribution is -0.110. The van der Waals surface area contributed by atoms with Crippen LogP contribution >= 0.6 is 0 Å². The van der Waals surface area contributed by atoms with E-state index in [0.717, 1.165) is 56.0 Å². The molecule has 3 heterocycles. The van der Waals surface area contributed by atoms with Crippen LogP contribution in [0, 0.1) is 0 Å². The number of carbonyl (C=O) groups excluding carboxylic acids is 2. The maximum atomic E-state index is 13.5. The van der Waals surface area contributed by atoms with Gasteiger partial charge in [-0.05, 0) is 67.1 Å². The molecule has 0 unspecified atom stereocenters. The molecule has 8 nitrogen and oxygen atoms in total. The lowest BCUT2D eigenvalue weighted by Crippen LogP contribution is -2.43. The SMILES string of the molecule is CC[C@@H](NC(=O)c1ccc2c(c1)C(=C(Nc1ccc(CN3CCN(C)CC3)cc1)c1ccncc1)C(=O)N2)c1ccccc1. The minimum Gasteiger partial charge on any atom is -0.354 e. The number of pyridine rings is 1. The quantitative estimate of drug-likeness (QED) is 0.220. The van der Waals surface area contributed by atoms with Crippen molar-refractivity contribution in [2.45, 2.75) is 25.9 Å². The molecule has 0 saturated carbocycles. The highest BCUT2D eigenvalue weighted by atomic mass is 16.2. The molecule has 1 atom stereocenters. The Balaban J connectivity index is 1.29. The number of anilines is 2. The van der Waals surface area contributed by atoms with E-state index in [2.05, 4.69) is 69.0 Å². The summed E-state index contributed by atoms with van der Waals surface area (Å²) in [7, 11) is 2.17. The lowest BCUT2D eigenvalue weighted by atomic mass is 9.98. The Kier molecular flexibility index (Phi) is 8.81. The number of benzene rings is 3. The van der Waals surface area contributed by atoms with Gasteiger partial charge in [-0.2, -0.15) is 0 Å². The smallest absolute Gasteiger partial charge is 0.258 e. The number of likely N-dealkylation sites (N-methyl/N-ethyl adjacent to an activating group) is 1. The number of fused-ring (bicyclic) bond motifs is 1. The standard InChI is InChI=1S/C36H38N6O2/c1-3-31(26-7-5-4-6-8-26)39-35(43)28-11-14-32-30(23-28)33(36(44)40-32)34(27-15-17-37-18-16-27)38-29-12-9-25(10-13-29)24-42-21-19-41(2)20-22-42/h4-18,23,31,38H,3,19-22,24H2,1-2H3,(H,39,43)(H,40,44)/t31-/m1/s1. The van der Waals surface area contributed by atoms with Gasteiger partial charge >= 0.3 is 0 Å². The molecule has 2 aliphatic heterocycles. The molecule has 0 radical (unpaired) electrons. The monoisotopic (exact) mass is 586 g/mol. The Morgan fingerprint density at radius 2 is 1.64 bits per heavy atom. The average Bonchev–Trinajstić information content (AvgIpc) is 3.39. The molecule has 6 rings (SSSR count). The summed E-state index contributed by atoms with van der Waals surface area (Å²) in [4.78, 5) is 35.9. The highest BCUT2D eigenvalue weighted by Gasteiger charge is 2.30. The molecule has 2 amide bonds. The first-order valence-corrected chi connectivity index (χ1v) is 15.2. The van der Waals surface area contributed by atoms with Gasteiger partial charge in [0, 0.05) is 73.2 Å². The second-order valence-electron chi connectivity index (χ2n) is 11.4. The number of piperazine rings is 1. The van der Waals surface area contributed by atoms with Gasteiger partial charge in [0.1, 0.15) is 0 Å². The highest BCUT2D eigenvalue weighted by molar-refractivity contribution is 6.37. The minimum atomic E-state index is -0.223. The normalized spacial score (nSPS) is 17.0. The fraction of sp³-hybridized carbons (Fsp3) is 0.250. The third-order valence-corrected chi connectivity index (χ3v) is 8.39. The number of hydrogen-bond acceptors (Lipinski definition) is 6. The van der Waals surface area contributed by atoms with Crippen molar-refractivity contribution in [1.82, 2.24) is 20.1 Å². The topological polar surface area (TPSA) is 89.6 Å². The molecule has 2 aliphatic rings. The number of nitrogens with zero attached hydrogens (tertiary/aromatic N) is 3. The largest absolute Gasteiger partial charge is 0.354 e. The van der Waals surface area contributed by atoms with Crippen LogP contribution in [0.4, 0.5) is 11.4 Å². The fourth-order valence-electron chi connectivity index (χ4n) is 5.80. The van der Waals surface area contributed by atoms with E-state index in [1.54, 1.807) is 30.6 Å². The predicted molar refractivity (Wildman–Crippen MR) is 176 cm³/mol. The fourth-order valence-corrected chi connectivity index (χ4v) is 5.80. The Labute approximate surface area is 258 Å². The van der Waals surface area contributed by atoms with Gasteiger partial charge in [-0.25, -0.2) is 0 Å². The van der Waals surface area contributed by atoms with Gasteiger partial charge < -0.3 is 20.9 Å². The summed E-state index contributed by atoms with van der Waals surface area (Å²) in [6, 6.07) is 27.3. The summed E-state index contributed by atoms with van der Waals surface area (Å²) in [5.41, 5.74) is 6.99. The van der Waals surface area contributed by atoms with Crippen molar-refractivity contribution < 1.29 is 9.59 Å². The van der Waals surface area contributed by atoms with E-state index >= 15 is 0 Å². The summed E-state index contributed by atoms with van der Waals surface area (Å²) in [5, 5.41) is 9.68. The zero-order chi connectivity index (χ0) is 30.5. The average molecular weight is 587 g/mol. The van der Waals surface area contributed by atoms with Crippen LogP contribution in [0.5, 0.6) is 0 Å². The highest BCUT2D eigenvalue weighted by Crippen LogP contribution is 2.38. The number of nitrogens with one attached hydrogen (secondary N) is 3. The zero-order valence-corrected chi connectivity index (χ0v) is 25.2. The molecular formula is C36H38N6O2. The van der Waals surface area contributed by atoms with Crippen molar-refractivity contribution >= 4 is 34.5 Å². The third kappa shape index (κ3) is 6.56. The second-order valence-corrected chi connectivity index (χ2v) is 11.4. The van der Waals surface area contributed by atoms with Gasteiger partial charge in [-0.15, -0.1) is 0 Å². The molecule has 3 N–H and O–H groups in total.